The first-order valence-electron chi connectivity index (χ1n) is 9.15. The Hall–Kier alpha value is -2.73. The van der Waals surface area contributed by atoms with E-state index in [4.69, 9.17) is 0 Å². The van der Waals surface area contributed by atoms with E-state index in [0.29, 0.717) is 13.1 Å². The Kier molecular flexibility index (Phi) is 6.76. The minimum atomic E-state index is -0.173. The molecule has 28 heavy (non-hydrogen) atoms. The van der Waals surface area contributed by atoms with E-state index in [0.717, 1.165) is 15.7 Å². The van der Waals surface area contributed by atoms with Crippen LogP contribution in [0.25, 0.3) is 0 Å². The summed E-state index contributed by atoms with van der Waals surface area (Å²) >= 11 is 3.37. The van der Waals surface area contributed by atoms with E-state index >= 15 is 0 Å². The Morgan fingerprint density at radius 2 is 1.86 bits per heavy atom. The summed E-state index contributed by atoms with van der Waals surface area (Å²) in [6, 6.07) is 18.6. The van der Waals surface area contributed by atoms with Crippen LogP contribution in [0.2, 0.25) is 0 Å². The lowest BCUT2D eigenvalue weighted by Gasteiger charge is -2.29. The van der Waals surface area contributed by atoms with Crippen molar-refractivity contribution in [3.63, 3.8) is 0 Å². The molecule has 6 heteroatoms. The van der Waals surface area contributed by atoms with Crippen LogP contribution >= 0.6 is 15.9 Å². The van der Waals surface area contributed by atoms with Crippen molar-refractivity contribution in [2.45, 2.75) is 32.5 Å². The molecule has 1 amide bonds. The van der Waals surface area contributed by atoms with Crippen molar-refractivity contribution < 1.29 is 4.79 Å². The van der Waals surface area contributed by atoms with Crippen molar-refractivity contribution in [2.75, 3.05) is 0 Å². The van der Waals surface area contributed by atoms with Crippen LogP contribution in [-0.4, -0.2) is 20.4 Å². The van der Waals surface area contributed by atoms with E-state index in [1.807, 2.05) is 60.4 Å². The molecular formula is C22H22BrN3O2. The smallest absolute Gasteiger partial charge is 0.250 e. The summed E-state index contributed by atoms with van der Waals surface area (Å²) in [4.78, 5) is 31.3. The normalized spacial score (nSPS) is 11.8. The second kappa shape index (κ2) is 9.46. The molecule has 5 nitrogen and oxygen atoms in total. The number of amides is 1. The number of benzene rings is 1. The van der Waals surface area contributed by atoms with Crippen LogP contribution in [0.3, 0.4) is 0 Å². The van der Waals surface area contributed by atoms with Gasteiger partial charge < -0.3 is 9.47 Å². The lowest BCUT2D eigenvalue weighted by molar-refractivity contribution is -0.134. The predicted octanol–water partition coefficient (Wildman–Crippen LogP) is 4.19. The van der Waals surface area contributed by atoms with Gasteiger partial charge in [0.1, 0.15) is 0 Å². The Balaban J connectivity index is 1.80. The maximum atomic E-state index is 13.1. The van der Waals surface area contributed by atoms with Gasteiger partial charge in [-0.15, -0.1) is 0 Å². The van der Waals surface area contributed by atoms with Crippen molar-refractivity contribution in [2.24, 2.45) is 0 Å². The zero-order valence-corrected chi connectivity index (χ0v) is 17.2. The number of nitrogens with zero attached hydrogens (tertiary/aromatic N) is 3. The molecule has 0 aliphatic heterocycles. The molecule has 0 spiro atoms. The van der Waals surface area contributed by atoms with Crippen LogP contribution in [0.15, 0.2) is 82.3 Å². The van der Waals surface area contributed by atoms with Gasteiger partial charge in [-0.2, -0.15) is 0 Å². The van der Waals surface area contributed by atoms with Gasteiger partial charge >= 0.3 is 0 Å². The fourth-order valence-corrected chi connectivity index (χ4v) is 3.42. The summed E-state index contributed by atoms with van der Waals surface area (Å²) in [5.41, 5.74) is 1.77. The van der Waals surface area contributed by atoms with Gasteiger partial charge in [-0.1, -0.05) is 36.4 Å². The molecule has 1 atom stereocenters. The second-order valence-electron chi connectivity index (χ2n) is 6.57. The van der Waals surface area contributed by atoms with Crippen molar-refractivity contribution in [3.8, 4) is 0 Å². The van der Waals surface area contributed by atoms with Gasteiger partial charge in [0.05, 0.1) is 11.7 Å². The van der Waals surface area contributed by atoms with E-state index < -0.39 is 0 Å². The fraction of sp³-hybridized carbons (Fsp3) is 0.227. The average Bonchev–Trinajstić information content (AvgIpc) is 2.73. The SMILES string of the molecule is CC(c1ccccn1)N(Cc1ccccc1)C(=O)CCn1cc(Br)ccc1=O. The molecule has 1 unspecified atom stereocenters. The quantitative estimate of drug-likeness (QED) is 0.554. The highest BCUT2D eigenvalue weighted by Gasteiger charge is 2.22. The monoisotopic (exact) mass is 439 g/mol. The number of carbonyl (C=O) groups is 1. The molecular weight excluding hydrogens is 418 g/mol. The summed E-state index contributed by atoms with van der Waals surface area (Å²) in [5.74, 6) is -0.0196. The van der Waals surface area contributed by atoms with Crippen LogP contribution in [0.4, 0.5) is 0 Å². The summed E-state index contributed by atoms with van der Waals surface area (Å²) in [5, 5.41) is 0. The van der Waals surface area contributed by atoms with E-state index in [1.54, 1.807) is 23.0 Å². The highest BCUT2D eigenvalue weighted by atomic mass is 79.9. The number of aryl methyl sites for hydroxylation is 1. The van der Waals surface area contributed by atoms with Crippen molar-refractivity contribution in [3.05, 3.63) is 99.1 Å². The fourth-order valence-electron chi connectivity index (χ4n) is 3.04. The first-order valence-corrected chi connectivity index (χ1v) is 9.94. The van der Waals surface area contributed by atoms with Crippen molar-refractivity contribution in [1.82, 2.24) is 14.5 Å². The third-order valence-electron chi connectivity index (χ3n) is 4.61. The first-order chi connectivity index (χ1) is 13.5. The number of aromatic nitrogens is 2. The number of hydrogen-bond donors (Lipinski definition) is 0. The molecule has 3 aromatic rings. The molecule has 2 aromatic heterocycles. The van der Waals surface area contributed by atoms with Gasteiger partial charge in [-0.3, -0.25) is 14.6 Å². The Labute approximate surface area is 172 Å². The Morgan fingerprint density at radius 1 is 1.11 bits per heavy atom. The third-order valence-corrected chi connectivity index (χ3v) is 5.08. The highest BCUT2D eigenvalue weighted by molar-refractivity contribution is 9.10. The lowest BCUT2D eigenvalue weighted by Crippen LogP contribution is -2.34. The summed E-state index contributed by atoms with van der Waals surface area (Å²) in [7, 11) is 0. The number of carbonyl (C=O) groups excluding carboxylic acids is 1. The molecule has 0 bridgehead atoms. The van der Waals surface area contributed by atoms with Gasteiger partial charge in [-0.25, -0.2) is 0 Å². The lowest BCUT2D eigenvalue weighted by atomic mass is 10.1. The predicted molar refractivity (Wildman–Crippen MR) is 113 cm³/mol. The third kappa shape index (κ3) is 5.16. The summed E-state index contributed by atoms with van der Waals surface area (Å²) < 4.78 is 2.36. The molecule has 0 saturated heterocycles. The van der Waals surface area contributed by atoms with Crippen molar-refractivity contribution in [1.29, 1.82) is 0 Å². The highest BCUT2D eigenvalue weighted by Crippen LogP contribution is 2.22. The largest absolute Gasteiger partial charge is 0.330 e. The van der Waals surface area contributed by atoms with Crippen LogP contribution < -0.4 is 5.56 Å². The number of pyridine rings is 2. The number of rotatable bonds is 7. The van der Waals surface area contributed by atoms with Gasteiger partial charge in [0.2, 0.25) is 5.91 Å². The number of halogens is 1. The molecule has 0 aliphatic carbocycles. The molecule has 0 N–H and O–H groups in total. The Morgan fingerprint density at radius 3 is 2.57 bits per heavy atom. The first kappa shape index (κ1) is 20.0. The van der Waals surface area contributed by atoms with Gasteiger partial charge in [0.25, 0.3) is 5.56 Å². The standard InChI is InChI=1S/C22H22BrN3O2/c1-17(20-9-5-6-13-24-20)26(15-18-7-3-2-4-8-18)22(28)12-14-25-16-19(23)10-11-21(25)27/h2-11,13,16-17H,12,14-15H2,1H3. The summed E-state index contributed by atoms with van der Waals surface area (Å²) in [6.07, 6.45) is 3.68. The molecule has 0 aliphatic rings. The topological polar surface area (TPSA) is 55.2 Å². The van der Waals surface area contributed by atoms with Crippen LogP contribution in [0.1, 0.15) is 30.6 Å². The van der Waals surface area contributed by atoms with Gasteiger partial charge in [0, 0.05) is 42.4 Å². The van der Waals surface area contributed by atoms with E-state index in [1.165, 1.54) is 6.07 Å². The number of hydrogen-bond acceptors (Lipinski definition) is 3. The van der Waals surface area contributed by atoms with Crippen LogP contribution in [-0.2, 0) is 17.9 Å². The van der Waals surface area contributed by atoms with Gasteiger partial charge in [0.15, 0.2) is 0 Å². The minimum Gasteiger partial charge on any atom is -0.330 e. The zero-order chi connectivity index (χ0) is 19.9. The molecule has 3 rings (SSSR count). The van der Waals surface area contributed by atoms with Gasteiger partial charge in [-0.05, 0) is 46.6 Å². The van der Waals surface area contributed by atoms with E-state index in [9.17, 15) is 9.59 Å². The maximum absolute atomic E-state index is 13.1. The maximum Gasteiger partial charge on any atom is 0.250 e. The second-order valence-corrected chi connectivity index (χ2v) is 7.48. The molecule has 0 radical (unpaired) electrons. The molecule has 1 aromatic carbocycles. The molecule has 0 fully saturated rings. The Bertz CT molecular complexity index is 974. The molecule has 0 saturated carbocycles. The van der Waals surface area contributed by atoms with Crippen LogP contribution in [0, 0.1) is 0 Å². The van der Waals surface area contributed by atoms with E-state index in [2.05, 4.69) is 20.9 Å². The average molecular weight is 440 g/mol. The minimum absolute atomic E-state index is 0.0196. The molecule has 144 valence electrons. The molecule has 2 heterocycles. The van der Waals surface area contributed by atoms with Crippen molar-refractivity contribution >= 4 is 21.8 Å². The van der Waals surface area contributed by atoms with E-state index in [-0.39, 0.29) is 23.9 Å². The summed E-state index contributed by atoms with van der Waals surface area (Å²) in [6.45, 7) is 2.80. The zero-order valence-electron chi connectivity index (χ0n) is 15.7. The van der Waals surface area contributed by atoms with Crippen LogP contribution in [0.5, 0.6) is 0 Å².